The molecule has 0 spiro atoms. The predicted octanol–water partition coefficient (Wildman–Crippen LogP) is 4.46. The number of hydrogen-bond acceptors (Lipinski definition) is 6. The molecule has 3 rings (SSSR count). The number of nitrogens with one attached hydrogen (secondary N) is 2. The van der Waals surface area contributed by atoms with Crippen LogP contribution in [0.1, 0.15) is 30.9 Å². The third-order valence-corrected chi connectivity index (χ3v) is 6.46. The average Bonchev–Trinajstić information content (AvgIpc) is 3.14. The minimum absolute atomic E-state index is 0.0565. The van der Waals surface area contributed by atoms with E-state index in [1.54, 1.807) is 63.2 Å². The first kappa shape index (κ1) is 24.6. The number of aryl methyl sites for hydroxylation is 2. The molecule has 0 saturated heterocycles. The lowest BCUT2D eigenvalue weighted by atomic mass is 10.2. The number of nitrogens with zero attached hydrogens (tertiary/aromatic N) is 1. The molecule has 2 N–H and O–H groups in total. The summed E-state index contributed by atoms with van der Waals surface area (Å²) in [6.45, 7) is 6.92. The van der Waals surface area contributed by atoms with Crippen molar-refractivity contribution >= 4 is 33.2 Å². The van der Waals surface area contributed by atoms with Gasteiger partial charge in [-0.2, -0.15) is 0 Å². The number of anilines is 1. The summed E-state index contributed by atoms with van der Waals surface area (Å²) in [5.41, 5.74) is 2.24. The van der Waals surface area contributed by atoms with Crippen LogP contribution in [0.3, 0.4) is 0 Å². The Morgan fingerprint density at radius 2 is 1.94 bits per heavy atom. The van der Waals surface area contributed by atoms with Gasteiger partial charge in [0.25, 0.3) is 5.91 Å². The highest BCUT2D eigenvalue weighted by Gasteiger charge is 2.20. The molecule has 8 nitrogen and oxygen atoms in total. The summed E-state index contributed by atoms with van der Waals surface area (Å²) in [5.74, 6) is 0.976. The fourth-order valence-corrected chi connectivity index (χ4v) is 3.89. The topological polar surface area (TPSA) is 111 Å². The Labute approximate surface area is 198 Å². The Balaban J connectivity index is 1.70. The lowest BCUT2D eigenvalue weighted by Gasteiger charge is -2.16. The van der Waals surface area contributed by atoms with E-state index in [2.05, 4.69) is 15.0 Å². The number of amides is 1. The van der Waals surface area contributed by atoms with Crippen LogP contribution >= 0.6 is 11.6 Å². The molecule has 2 aromatic carbocycles. The summed E-state index contributed by atoms with van der Waals surface area (Å²) in [5, 5.41) is 3.39. The second-order valence-corrected chi connectivity index (χ2v) is 9.91. The Morgan fingerprint density at radius 1 is 1.21 bits per heavy atom. The SMILES string of the molecule is CCS(=O)(=O)Nc1ccccc1-c1nc(CNC(=O)C(C)Oc2ccc(Cl)cc2C)c(C)o1. The normalized spacial score (nSPS) is 12.3. The molecule has 1 unspecified atom stereocenters. The van der Waals surface area contributed by atoms with Crippen molar-refractivity contribution in [2.75, 3.05) is 10.5 Å². The number of aromatic nitrogens is 1. The minimum atomic E-state index is -3.47. The quantitative estimate of drug-likeness (QED) is 0.457. The highest BCUT2D eigenvalue weighted by atomic mass is 35.5. The van der Waals surface area contributed by atoms with Gasteiger partial charge < -0.3 is 14.5 Å². The Morgan fingerprint density at radius 3 is 2.64 bits per heavy atom. The molecule has 0 aliphatic rings. The summed E-state index contributed by atoms with van der Waals surface area (Å²) in [7, 11) is -3.47. The van der Waals surface area contributed by atoms with Crippen molar-refractivity contribution in [1.82, 2.24) is 10.3 Å². The highest BCUT2D eigenvalue weighted by Crippen LogP contribution is 2.29. The van der Waals surface area contributed by atoms with Crippen LogP contribution in [-0.2, 0) is 21.4 Å². The molecule has 0 saturated carbocycles. The van der Waals surface area contributed by atoms with Crippen molar-refractivity contribution in [3.63, 3.8) is 0 Å². The fraction of sp³-hybridized carbons (Fsp3) is 0.304. The van der Waals surface area contributed by atoms with E-state index in [0.717, 1.165) is 5.56 Å². The van der Waals surface area contributed by atoms with E-state index >= 15 is 0 Å². The summed E-state index contributed by atoms with van der Waals surface area (Å²) >= 11 is 5.96. The van der Waals surface area contributed by atoms with Gasteiger partial charge in [0.1, 0.15) is 17.2 Å². The number of rotatable bonds is 9. The number of benzene rings is 2. The van der Waals surface area contributed by atoms with Crippen LogP contribution < -0.4 is 14.8 Å². The van der Waals surface area contributed by atoms with E-state index in [9.17, 15) is 13.2 Å². The van der Waals surface area contributed by atoms with E-state index in [-0.39, 0.29) is 24.1 Å². The third kappa shape index (κ3) is 6.27. The van der Waals surface area contributed by atoms with Gasteiger partial charge in [0.15, 0.2) is 6.10 Å². The molecule has 1 amide bonds. The number of ether oxygens (including phenoxy) is 1. The molecule has 0 aliphatic heterocycles. The van der Waals surface area contributed by atoms with Gasteiger partial charge in [-0.1, -0.05) is 23.7 Å². The lowest BCUT2D eigenvalue weighted by molar-refractivity contribution is -0.127. The Bertz CT molecular complexity index is 1260. The smallest absolute Gasteiger partial charge is 0.261 e. The van der Waals surface area contributed by atoms with Gasteiger partial charge in [-0.3, -0.25) is 9.52 Å². The first-order chi connectivity index (χ1) is 15.6. The zero-order valence-corrected chi connectivity index (χ0v) is 20.4. The summed E-state index contributed by atoms with van der Waals surface area (Å²) < 4.78 is 38.1. The molecule has 33 heavy (non-hydrogen) atoms. The third-order valence-electron chi connectivity index (χ3n) is 4.94. The van der Waals surface area contributed by atoms with E-state index < -0.39 is 16.1 Å². The van der Waals surface area contributed by atoms with Crippen LogP contribution in [0.4, 0.5) is 5.69 Å². The van der Waals surface area contributed by atoms with Gasteiger partial charge in [-0.25, -0.2) is 13.4 Å². The van der Waals surface area contributed by atoms with Gasteiger partial charge >= 0.3 is 0 Å². The first-order valence-electron chi connectivity index (χ1n) is 10.4. The van der Waals surface area contributed by atoms with Crippen LogP contribution in [0.2, 0.25) is 5.02 Å². The largest absolute Gasteiger partial charge is 0.481 e. The number of sulfonamides is 1. The Hall–Kier alpha value is -3.04. The molecule has 0 aliphatic carbocycles. The molecule has 1 heterocycles. The fourth-order valence-electron chi connectivity index (χ4n) is 3.01. The average molecular weight is 492 g/mol. The van der Waals surface area contributed by atoms with Gasteiger partial charge in [0, 0.05) is 5.02 Å². The van der Waals surface area contributed by atoms with Crippen LogP contribution in [0.25, 0.3) is 11.5 Å². The molecular weight excluding hydrogens is 466 g/mol. The molecular formula is C23H26ClN3O5S. The number of carbonyl (C=O) groups excluding carboxylic acids is 1. The number of para-hydroxylation sites is 1. The molecule has 10 heteroatoms. The van der Waals surface area contributed by atoms with Crippen molar-refractivity contribution in [2.24, 2.45) is 0 Å². The summed E-state index contributed by atoms with van der Waals surface area (Å²) in [6, 6.07) is 12.0. The zero-order chi connectivity index (χ0) is 24.2. The molecule has 176 valence electrons. The van der Waals surface area contributed by atoms with E-state index in [4.69, 9.17) is 20.8 Å². The molecule has 1 atom stereocenters. The monoisotopic (exact) mass is 491 g/mol. The standard InChI is InChI=1S/C23H26ClN3O5S/c1-5-33(29,30)27-19-9-7-6-8-18(19)23-26-20(15(3)32-23)13-25-22(28)16(4)31-21-11-10-17(24)12-14(21)2/h6-12,16,27H,5,13H2,1-4H3,(H,25,28). The molecule has 0 radical (unpaired) electrons. The Kier molecular flexibility index (Phi) is 7.65. The van der Waals surface area contributed by atoms with Crippen molar-refractivity contribution in [2.45, 2.75) is 40.3 Å². The van der Waals surface area contributed by atoms with E-state index in [1.165, 1.54) is 0 Å². The maximum atomic E-state index is 12.5. The minimum Gasteiger partial charge on any atom is -0.481 e. The van der Waals surface area contributed by atoms with Crippen LogP contribution in [0, 0.1) is 13.8 Å². The van der Waals surface area contributed by atoms with Gasteiger partial charge in [0.05, 0.1) is 23.5 Å². The summed E-state index contributed by atoms with van der Waals surface area (Å²) in [6.07, 6.45) is -0.735. The zero-order valence-electron chi connectivity index (χ0n) is 18.8. The number of hydrogen-bond donors (Lipinski definition) is 2. The van der Waals surface area contributed by atoms with Gasteiger partial charge in [-0.05, 0) is 63.6 Å². The maximum Gasteiger partial charge on any atom is 0.261 e. The van der Waals surface area contributed by atoms with Crippen molar-refractivity contribution in [1.29, 1.82) is 0 Å². The highest BCUT2D eigenvalue weighted by molar-refractivity contribution is 7.92. The molecule has 3 aromatic rings. The van der Waals surface area contributed by atoms with Crippen molar-refractivity contribution in [3.05, 3.63) is 64.5 Å². The maximum absolute atomic E-state index is 12.5. The van der Waals surface area contributed by atoms with E-state index in [1.807, 2.05) is 6.92 Å². The van der Waals surface area contributed by atoms with Crippen LogP contribution in [-0.4, -0.2) is 31.2 Å². The van der Waals surface area contributed by atoms with Gasteiger partial charge in [-0.15, -0.1) is 0 Å². The van der Waals surface area contributed by atoms with Crippen molar-refractivity contribution < 1.29 is 22.4 Å². The van der Waals surface area contributed by atoms with Gasteiger partial charge in [0.2, 0.25) is 15.9 Å². The number of carbonyl (C=O) groups is 1. The lowest BCUT2D eigenvalue weighted by Crippen LogP contribution is -2.36. The van der Waals surface area contributed by atoms with E-state index in [0.29, 0.717) is 33.5 Å². The van der Waals surface area contributed by atoms with Crippen molar-refractivity contribution in [3.8, 4) is 17.2 Å². The van der Waals surface area contributed by atoms with Crippen LogP contribution in [0.5, 0.6) is 5.75 Å². The molecule has 1 aromatic heterocycles. The second-order valence-electron chi connectivity index (χ2n) is 7.46. The number of oxazole rings is 1. The first-order valence-corrected chi connectivity index (χ1v) is 12.4. The molecule has 0 bridgehead atoms. The number of halogens is 1. The second kappa shape index (κ2) is 10.3. The van der Waals surface area contributed by atoms with Crippen LogP contribution in [0.15, 0.2) is 46.9 Å². The summed E-state index contributed by atoms with van der Waals surface area (Å²) in [4.78, 5) is 17.0. The molecule has 0 fully saturated rings. The predicted molar refractivity (Wildman–Crippen MR) is 128 cm³/mol.